The number of carbonyl (C=O) groups is 1. The Morgan fingerprint density at radius 3 is 3.15 bits per heavy atom. The lowest BCUT2D eigenvalue weighted by Crippen LogP contribution is -2.39. The summed E-state index contributed by atoms with van der Waals surface area (Å²) in [5.41, 5.74) is 2.42. The van der Waals surface area contributed by atoms with Crippen LogP contribution in [0, 0.1) is 5.92 Å². The van der Waals surface area contributed by atoms with E-state index < -0.39 is 0 Å². The molecule has 1 atom stereocenters. The molecule has 0 bridgehead atoms. The van der Waals surface area contributed by atoms with Gasteiger partial charge in [0, 0.05) is 36.6 Å². The predicted octanol–water partition coefficient (Wildman–Crippen LogP) is 3.36. The standard InChI is InChI=1S/C17H22N2O/c1-13-4-3-11-19(12-13)17(20)8-7-14-5-2-6-16-15(14)9-10-18-16/h2,5-6,9-10,13,18H,3-4,7-8,11-12H2,1H3. The summed E-state index contributed by atoms with van der Waals surface area (Å²) in [6.07, 6.45) is 5.82. The molecule has 1 saturated heterocycles. The first kappa shape index (κ1) is 13.2. The Labute approximate surface area is 120 Å². The van der Waals surface area contributed by atoms with Crippen molar-refractivity contribution in [2.45, 2.75) is 32.6 Å². The highest BCUT2D eigenvalue weighted by Gasteiger charge is 2.20. The Morgan fingerprint density at radius 1 is 1.40 bits per heavy atom. The van der Waals surface area contributed by atoms with Crippen molar-refractivity contribution < 1.29 is 4.79 Å². The first-order chi connectivity index (χ1) is 9.74. The maximum absolute atomic E-state index is 12.3. The number of carbonyl (C=O) groups excluding carboxylic acids is 1. The van der Waals surface area contributed by atoms with Gasteiger partial charge in [-0.2, -0.15) is 0 Å². The van der Waals surface area contributed by atoms with Crippen LogP contribution in [0.4, 0.5) is 0 Å². The summed E-state index contributed by atoms with van der Waals surface area (Å²) in [5.74, 6) is 0.963. The molecule has 2 aromatic rings. The van der Waals surface area contributed by atoms with Crippen molar-refractivity contribution in [1.82, 2.24) is 9.88 Å². The number of benzene rings is 1. The third-order valence-electron chi connectivity index (χ3n) is 4.30. The SMILES string of the molecule is CC1CCCN(C(=O)CCc2cccc3[nH]ccc23)C1. The van der Waals surface area contributed by atoms with Gasteiger partial charge in [0.2, 0.25) is 5.91 Å². The van der Waals surface area contributed by atoms with Gasteiger partial charge in [-0.25, -0.2) is 0 Å². The fourth-order valence-electron chi connectivity index (χ4n) is 3.18. The Kier molecular flexibility index (Phi) is 3.77. The average Bonchev–Trinajstić information content (AvgIpc) is 2.93. The lowest BCUT2D eigenvalue weighted by Gasteiger charge is -2.31. The number of hydrogen-bond donors (Lipinski definition) is 1. The average molecular weight is 270 g/mol. The molecule has 0 saturated carbocycles. The summed E-state index contributed by atoms with van der Waals surface area (Å²) >= 11 is 0. The largest absolute Gasteiger partial charge is 0.361 e. The molecule has 106 valence electrons. The second kappa shape index (κ2) is 5.70. The summed E-state index contributed by atoms with van der Waals surface area (Å²) in [6, 6.07) is 8.36. The third kappa shape index (κ3) is 2.72. The van der Waals surface area contributed by atoms with Crippen LogP contribution in [0.2, 0.25) is 0 Å². The van der Waals surface area contributed by atoms with Crippen LogP contribution < -0.4 is 0 Å². The normalized spacial score (nSPS) is 19.4. The van der Waals surface area contributed by atoms with E-state index in [1.54, 1.807) is 0 Å². The van der Waals surface area contributed by atoms with E-state index in [1.165, 1.54) is 17.4 Å². The number of piperidine rings is 1. The molecule has 3 rings (SSSR count). The molecule has 1 aliphatic heterocycles. The molecule has 1 N–H and O–H groups in total. The van der Waals surface area contributed by atoms with Crippen LogP contribution in [0.1, 0.15) is 31.7 Å². The molecule has 3 nitrogen and oxygen atoms in total. The van der Waals surface area contributed by atoms with E-state index in [-0.39, 0.29) is 0 Å². The summed E-state index contributed by atoms with van der Waals surface area (Å²) in [5, 5.41) is 1.24. The minimum atomic E-state index is 0.309. The quantitative estimate of drug-likeness (QED) is 0.912. The Balaban J connectivity index is 1.64. The molecule has 1 aromatic heterocycles. The lowest BCUT2D eigenvalue weighted by molar-refractivity contribution is -0.132. The number of nitrogens with one attached hydrogen (secondary N) is 1. The fourth-order valence-corrected chi connectivity index (χ4v) is 3.18. The van der Waals surface area contributed by atoms with Crippen molar-refractivity contribution >= 4 is 16.8 Å². The zero-order valence-corrected chi connectivity index (χ0v) is 12.1. The summed E-state index contributed by atoms with van der Waals surface area (Å²) < 4.78 is 0. The van der Waals surface area contributed by atoms with Gasteiger partial charge < -0.3 is 9.88 Å². The monoisotopic (exact) mass is 270 g/mol. The number of aryl methyl sites for hydroxylation is 1. The topological polar surface area (TPSA) is 36.1 Å². The molecule has 2 heterocycles. The first-order valence-corrected chi connectivity index (χ1v) is 7.57. The molecule has 0 spiro atoms. The van der Waals surface area contributed by atoms with Gasteiger partial charge in [0.25, 0.3) is 0 Å². The van der Waals surface area contributed by atoms with E-state index in [0.29, 0.717) is 18.2 Å². The number of aromatic amines is 1. The van der Waals surface area contributed by atoms with Gasteiger partial charge in [0.1, 0.15) is 0 Å². The van der Waals surface area contributed by atoms with E-state index >= 15 is 0 Å². The molecule has 1 unspecified atom stereocenters. The molecule has 0 radical (unpaired) electrons. The number of H-pyrrole nitrogens is 1. The number of likely N-dealkylation sites (tertiary alicyclic amines) is 1. The minimum absolute atomic E-state index is 0.309. The van der Waals surface area contributed by atoms with Crippen LogP contribution in [0.5, 0.6) is 0 Å². The van der Waals surface area contributed by atoms with Crippen LogP contribution in [0.15, 0.2) is 30.5 Å². The van der Waals surface area contributed by atoms with Gasteiger partial charge >= 0.3 is 0 Å². The maximum Gasteiger partial charge on any atom is 0.222 e. The highest BCUT2D eigenvalue weighted by Crippen LogP contribution is 2.20. The van der Waals surface area contributed by atoms with Crippen LogP contribution >= 0.6 is 0 Å². The molecule has 1 amide bonds. The van der Waals surface area contributed by atoms with Crippen molar-refractivity contribution in [1.29, 1.82) is 0 Å². The van der Waals surface area contributed by atoms with Crippen LogP contribution in [-0.2, 0) is 11.2 Å². The first-order valence-electron chi connectivity index (χ1n) is 7.57. The number of rotatable bonds is 3. The molecule has 0 aliphatic carbocycles. The molecule has 3 heteroatoms. The zero-order valence-electron chi connectivity index (χ0n) is 12.1. The number of amides is 1. The maximum atomic E-state index is 12.3. The van der Waals surface area contributed by atoms with E-state index in [4.69, 9.17) is 0 Å². The van der Waals surface area contributed by atoms with Crippen molar-refractivity contribution in [2.24, 2.45) is 5.92 Å². The lowest BCUT2D eigenvalue weighted by atomic mass is 9.99. The molecular formula is C17H22N2O. The van der Waals surface area contributed by atoms with E-state index in [2.05, 4.69) is 36.2 Å². The van der Waals surface area contributed by atoms with Gasteiger partial charge in [-0.1, -0.05) is 19.1 Å². The van der Waals surface area contributed by atoms with Crippen LogP contribution in [0.3, 0.4) is 0 Å². The van der Waals surface area contributed by atoms with E-state index in [0.717, 1.165) is 31.4 Å². The van der Waals surface area contributed by atoms with Gasteiger partial charge in [-0.05, 0) is 42.9 Å². The second-order valence-corrected chi connectivity index (χ2v) is 5.94. The smallest absolute Gasteiger partial charge is 0.222 e. The summed E-state index contributed by atoms with van der Waals surface area (Å²) in [4.78, 5) is 17.6. The van der Waals surface area contributed by atoms with E-state index in [9.17, 15) is 4.79 Å². The van der Waals surface area contributed by atoms with Crippen molar-refractivity contribution in [3.8, 4) is 0 Å². The van der Waals surface area contributed by atoms with Gasteiger partial charge in [0.15, 0.2) is 0 Å². The van der Waals surface area contributed by atoms with Crippen molar-refractivity contribution in [2.75, 3.05) is 13.1 Å². The Bertz CT molecular complexity index is 602. The van der Waals surface area contributed by atoms with Crippen molar-refractivity contribution in [3.05, 3.63) is 36.0 Å². The molecule has 1 aliphatic rings. The Morgan fingerprint density at radius 2 is 2.30 bits per heavy atom. The highest BCUT2D eigenvalue weighted by molar-refractivity contribution is 5.84. The van der Waals surface area contributed by atoms with Gasteiger partial charge in [-0.15, -0.1) is 0 Å². The summed E-state index contributed by atoms with van der Waals surface area (Å²) in [7, 11) is 0. The third-order valence-corrected chi connectivity index (χ3v) is 4.30. The minimum Gasteiger partial charge on any atom is -0.361 e. The predicted molar refractivity (Wildman–Crippen MR) is 81.6 cm³/mol. The number of aromatic nitrogens is 1. The second-order valence-electron chi connectivity index (χ2n) is 5.94. The molecular weight excluding hydrogens is 248 g/mol. The van der Waals surface area contributed by atoms with Crippen LogP contribution in [0.25, 0.3) is 10.9 Å². The number of fused-ring (bicyclic) bond motifs is 1. The number of hydrogen-bond acceptors (Lipinski definition) is 1. The molecule has 1 aromatic carbocycles. The number of nitrogens with zero attached hydrogens (tertiary/aromatic N) is 1. The zero-order chi connectivity index (χ0) is 13.9. The Hall–Kier alpha value is -1.77. The van der Waals surface area contributed by atoms with Gasteiger partial charge in [0.05, 0.1) is 0 Å². The molecule has 20 heavy (non-hydrogen) atoms. The van der Waals surface area contributed by atoms with E-state index in [1.807, 2.05) is 11.1 Å². The van der Waals surface area contributed by atoms with Crippen LogP contribution in [-0.4, -0.2) is 28.9 Å². The van der Waals surface area contributed by atoms with Gasteiger partial charge in [-0.3, -0.25) is 4.79 Å². The summed E-state index contributed by atoms with van der Waals surface area (Å²) in [6.45, 7) is 4.12. The highest BCUT2D eigenvalue weighted by atomic mass is 16.2. The molecule has 1 fully saturated rings. The fraction of sp³-hybridized carbons (Fsp3) is 0.471. The van der Waals surface area contributed by atoms with Crippen molar-refractivity contribution in [3.63, 3.8) is 0 Å².